The molecular weight excluding hydrogens is 252 g/mol. The number of rotatable bonds is 2. The summed E-state index contributed by atoms with van der Waals surface area (Å²) in [6.45, 7) is 4.75. The second-order valence-corrected chi connectivity index (χ2v) is 5.29. The third-order valence-corrected chi connectivity index (χ3v) is 3.78. The summed E-state index contributed by atoms with van der Waals surface area (Å²) in [7, 11) is 0. The van der Waals surface area contributed by atoms with Crippen molar-refractivity contribution in [3.63, 3.8) is 0 Å². The molecule has 2 heterocycles. The summed E-state index contributed by atoms with van der Waals surface area (Å²) in [5.41, 5.74) is 0.878. The highest BCUT2D eigenvalue weighted by Gasteiger charge is 2.18. The van der Waals surface area contributed by atoms with Gasteiger partial charge in [-0.3, -0.25) is 0 Å². The second kappa shape index (κ2) is 5.77. The summed E-state index contributed by atoms with van der Waals surface area (Å²) >= 11 is 0. The predicted octanol–water partition coefficient (Wildman–Crippen LogP) is 2.34. The first-order chi connectivity index (χ1) is 9.79. The van der Waals surface area contributed by atoms with Crippen molar-refractivity contribution < 1.29 is 9.84 Å². The fourth-order valence-electron chi connectivity index (χ4n) is 2.80. The molecule has 1 aliphatic heterocycles. The number of aromatic nitrogens is 1. The van der Waals surface area contributed by atoms with E-state index in [-0.39, 0.29) is 12.7 Å². The van der Waals surface area contributed by atoms with Gasteiger partial charge >= 0.3 is 0 Å². The largest absolute Gasteiger partial charge is 0.392 e. The maximum atomic E-state index is 9.45. The van der Waals surface area contributed by atoms with Crippen molar-refractivity contribution in [1.29, 1.82) is 0 Å². The normalized spacial score (nSPS) is 20.1. The number of benzene rings is 1. The van der Waals surface area contributed by atoms with Crippen LogP contribution in [0, 0.1) is 0 Å². The van der Waals surface area contributed by atoms with Gasteiger partial charge in [-0.2, -0.15) is 0 Å². The number of fused-ring (bicyclic) bond motifs is 1. The first-order valence-electron chi connectivity index (χ1n) is 7.13. The van der Waals surface area contributed by atoms with Crippen molar-refractivity contribution in [3.05, 3.63) is 36.0 Å². The Bertz CT molecular complexity index is 600. The summed E-state index contributed by atoms with van der Waals surface area (Å²) in [6, 6.07) is 8.14. The Hall–Kier alpha value is -1.65. The second-order valence-electron chi connectivity index (χ2n) is 5.29. The standard InChI is InChI=1S/C16H20N2O2/c1-12-10-18(7-4-8-20-12)16-15-6-3-2-5-14(15)13(11-19)9-17-16/h2-3,5-6,9,12,19H,4,7-8,10-11H2,1H3. The number of pyridine rings is 1. The van der Waals surface area contributed by atoms with Gasteiger partial charge in [-0.15, -0.1) is 0 Å². The summed E-state index contributed by atoms with van der Waals surface area (Å²) in [5, 5.41) is 11.6. The van der Waals surface area contributed by atoms with Crippen LogP contribution in [0.3, 0.4) is 0 Å². The molecule has 0 radical (unpaired) electrons. The van der Waals surface area contributed by atoms with Gasteiger partial charge in [0.1, 0.15) is 5.82 Å². The Labute approximate surface area is 119 Å². The molecule has 0 saturated carbocycles. The van der Waals surface area contributed by atoms with Crippen LogP contribution in [-0.4, -0.2) is 35.9 Å². The average Bonchev–Trinajstić information content (AvgIpc) is 2.70. The van der Waals surface area contributed by atoms with Crippen LogP contribution in [-0.2, 0) is 11.3 Å². The summed E-state index contributed by atoms with van der Waals surface area (Å²) in [6.07, 6.45) is 3.02. The van der Waals surface area contributed by atoms with Gasteiger partial charge in [0.2, 0.25) is 0 Å². The van der Waals surface area contributed by atoms with Crippen LogP contribution >= 0.6 is 0 Å². The fraction of sp³-hybridized carbons (Fsp3) is 0.438. The monoisotopic (exact) mass is 272 g/mol. The molecule has 1 fully saturated rings. The Kier molecular flexibility index (Phi) is 3.85. The molecule has 4 heteroatoms. The molecule has 20 heavy (non-hydrogen) atoms. The van der Waals surface area contributed by atoms with Crippen molar-refractivity contribution in [1.82, 2.24) is 4.98 Å². The number of aliphatic hydroxyl groups excluding tert-OH is 1. The van der Waals surface area contributed by atoms with Gasteiger partial charge in [0.05, 0.1) is 12.7 Å². The Morgan fingerprint density at radius 2 is 2.15 bits per heavy atom. The fourth-order valence-corrected chi connectivity index (χ4v) is 2.80. The average molecular weight is 272 g/mol. The number of hydrogen-bond acceptors (Lipinski definition) is 4. The highest BCUT2D eigenvalue weighted by molar-refractivity contribution is 5.94. The van der Waals surface area contributed by atoms with Gasteiger partial charge in [-0.05, 0) is 18.7 Å². The van der Waals surface area contributed by atoms with E-state index in [0.717, 1.165) is 48.3 Å². The van der Waals surface area contributed by atoms with E-state index in [0.29, 0.717) is 0 Å². The zero-order valence-corrected chi connectivity index (χ0v) is 11.7. The molecule has 0 amide bonds. The minimum atomic E-state index is 0.0211. The number of nitrogens with zero attached hydrogens (tertiary/aromatic N) is 2. The molecule has 1 aliphatic rings. The first kappa shape index (κ1) is 13.3. The molecule has 1 saturated heterocycles. The van der Waals surface area contributed by atoms with Crippen LogP contribution in [0.5, 0.6) is 0 Å². The molecule has 0 aliphatic carbocycles. The van der Waals surface area contributed by atoms with Gasteiger partial charge in [0.25, 0.3) is 0 Å². The van der Waals surface area contributed by atoms with E-state index < -0.39 is 0 Å². The molecule has 106 valence electrons. The lowest BCUT2D eigenvalue weighted by Gasteiger charge is -2.25. The molecule has 1 atom stereocenters. The zero-order chi connectivity index (χ0) is 13.9. The van der Waals surface area contributed by atoms with Crippen molar-refractivity contribution in [2.45, 2.75) is 26.1 Å². The quantitative estimate of drug-likeness (QED) is 0.911. The molecular formula is C16H20N2O2. The van der Waals surface area contributed by atoms with Crippen molar-refractivity contribution in [2.24, 2.45) is 0 Å². The summed E-state index contributed by atoms with van der Waals surface area (Å²) in [4.78, 5) is 6.88. The van der Waals surface area contributed by atoms with E-state index in [1.807, 2.05) is 18.2 Å². The molecule has 0 spiro atoms. The lowest BCUT2D eigenvalue weighted by Crippen LogP contribution is -2.31. The van der Waals surface area contributed by atoms with Crippen molar-refractivity contribution in [3.8, 4) is 0 Å². The molecule has 4 nitrogen and oxygen atoms in total. The number of ether oxygens (including phenoxy) is 1. The zero-order valence-electron chi connectivity index (χ0n) is 11.7. The van der Waals surface area contributed by atoms with Gasteiger partial charge < -0.3 is 14.7 Å². The number of hydrogen-bond donors (Lipinski definition) is 1. The van der Waals surface area contributed by atoms with Crippen LogP contribution < -0.4 is 4.90 Å². The summed E-state index contributed by atoms with van der Waals surface area (Å²) < 4.78 is 5.70. The number of aliphatic hydroxyl groups is 1. The van der Waals surface area contributed by atoms with Crippen LogP contribution in [0.15, 0.2) is 30.5 Å². The van der Waals surface area contributed by atoms with Gasteiger partial charge in [0, 0.05) is 36.8 Å². The van der Waals surface area contributed by atoms with E-state index in [4.69, 9.17) is 4.74 Å². The van der Waals surface area contributed by atoms with Gasteiger partial charge in [-0.25, -0.2) is 4.98 Å². The van der Waals surface area contributed by atoms with Crippen molar-refractivity contribution in [2.75, 3.05) is 24.6 Å². The third-order valence-electron chi connectivity index (χ3n) is 3.78. The van der Waals surface area contributed by atoms with Crippen LogP contribution in [0.25, 0.3) is 10.8 Å². The smallest absolute Gasteiger partial charge is 0.136 e. The minimum absolute atomic E-state index is 0.0211. The van der Waals surface area contributed by atoms with Gasteiger partial charge in [-0.1, -0.05) is 24.3 Å². The van der Waals surface area contributed by atoms with E-state index in [2.05, 4.69) is 22.9 Å². The Balaban J connectivity index is 2.07. The number of anilines is 1. The molecule has 2 aromatic rings. The molecule has 3 rings (SSSR count). The minimum Gasteiger partial charge on any atom is -0.392 e. The topological polar surface area (TPSA) is 45.6 Å². The lowest BCUT2D eigenvalue weighted by molar-refractivity contribution is 0.0820. The van der Waals surface area contributed by atoms with E-state index in [9.17, 15) is 5.11 Å². The molecule has 1 aromatic heterocycles. The van der Waals surface area contributed by atoms with Gasteiger partial charge in [0.15, 0.2) is 0 Å². The predicted molar refractivity (Wildman–Crippen MR) is 79.9 cm³/mol. The first-order valence-corrected chi connectivity index (χ1v) is 7.13. The molecule has 1 N–H and O–H groups in total. The maximum absolute atomic E-state index is 9.45. The van der Waals surface area contributed by atoms with E-state index in [1.54, 1.807) is 6.20 Å². The van der Waals surface area contributed by atoms with E-state index in [1.165, 1.54) is 0 Å². The SMILES string of the molecule is CC1CN(c2ncc(CO)c3ccccc23)CCCO1. The Morgan fingerprint density at radius 1 is 1.35 bits per heavy atom. The summed E-state index contributed by atoms with van der Waals surface area (Å²) in [5.74, 6) is 0.996. The molecule has 0 bridgehead atoms. The third kappa shape index (κ3) is 2.49. The van der Waals surface area contributed by atoms with Crippen molar-refractivity contribution >= 4 is 16.6 Å². The highest BCUT2D eigenvalue weighted by atomic mass is 16.5. The molecule has 1 aromatic carbocycles. The van der Waals surface area contributed by atoms with Crippen LogP contribution in [0.2, 0.25) is 0 Å². The Morgan fingerprint density at radius 3 is 2.95 bits per heavy atom. The lowest BCUT2D eigenvalue weighted by atomic mass is 10.1. The van der Waals surface area contributed by atoms with Crippen LogP contribution in [0.1, 0.15) is 18.9 Å². The highest BCUT2D eigenvalue weighted by Crippen LogP contribution is 2.28. The maximum Gasteiger partial charge on any atom is 0.136 e. The van der Waals surface area contributed by atoms with Crippen LogP contribution in [0.4, 0.5) is 5.82 Å². The van der Waals surface area contributed by atoms with E-state index >= 15 is 0 Å². The molecule has 1 unspecified atom stereocenters.